The van der Waals surface area contributed by atoms with Gasteiger partial charge >= 0.3 is 12.1 Å². The molecule has 0 radical (unpaired) electrons. The average Bonchev–Trinajstić information content (AvgIpc) is 2.69. The molecule has 0 unspecified atom stereocenters. The minimum absolute atomic E-state index is 0.0849. The molecule has 0 amide bonds. The first-order valence-electron chi connectivity index (χ1n) is 8.22. The molecule has 0 atom stereocenters. The van der Waals surface area contributed by atoms with Crippen molar-refractivity contribution in [2.75, 3.05) is 18.9 Å². The van der Waals surface area contributed by atoms with Crippen LogP contribution in [0.4, 0.5) is 24.5 Å². The monoisotopic (exact) mass is 447 g/mol. The smallest absolute Gasteiger partial charge is 0.416 e. The maximum atomic E-state index is 12.9. The highest BCUT2D eigenvalue weighted by Gasteiger charge is 2.33. The van der Waals surface area contributed by atoms with E-state index in [9.17, 15) is 36.5 Å². The number of nitrogens with one attached hydrogen (secondary N) is 2. The van der Waals surface area contributed by atoms with Gasteiger partial charge in [0.2, 0.25) is 10.0 Å². The molecular formula is C17H16F3N3O6S. The molecule has 162 valence electrons. The lowest BCUT2D eigenvalue weighted by atomic mass is 10.1. The van der Waals surface area contributed by atoms with E-state index in [1.165, 1.54) is 25.2 Å². The van der Waals surface area contributed by atoms with Gasteiger partial charge in [-0.3, -0.25) is 14.9 Å². The number of nitrogens with zero attached hydrogens (tertiary/aromatic N) is 1. The molecule has 0 saturated carbocycles. The molecule has 0 aliphatic rings. The number of esters is 1. The van der Waals surface area contributed by atoms with E-state index in [0.29, 0.717) is 0 Å². The number of hydrogen-bond donors (Lipinski definition) is 2. The summed E-state index contributed by atoms with van der Waals surface area (Å²) in [6.07, 6.45) is -4.64. The minimum Gasteiger partial charge on any atom is -0.460 e. The molecule has 2 aromatic rings. The number of benzene rings is 2. The summed E-state index contributed by atoms with van der Waals surface area (Å²) in [5, 5.41) is 13.6. The second kappa shape index (κ2) is 9.09. The number of rotatable bonds is 8. The Hall–Kier alpha value is -3.19. The van der Waals surface area contributed by atoms with Crippen LogP contribution in [-0.4, -0.2) is 32.9 Å². The van der Waals surface area contributed by atoms with Gasteiger partial charge in [0.25, 0.3) is 5.69 Å². The fraction of sp³-hybridized carbons (Fsp3) is 0.235. The maximum absolute atomic E-state index is 12.9. The van der Waals surface area contributed by atoms with Crippen LogP contribution in [0, 0.1) is 10.1 Å². The third kappa shape index (κ3) is 5.67. The van der Waals surface area contributed by atoms with E-state index in [2.05, 4.69) is 5.32 Å². The molecule has 2 aromatic carbocycles. The Morgan fingerprint density at radius 1 is 1.20 bits per heavy atom. The van der Waals surface area contributed by atoms with E-state index in [4.69, 9.17) is 4.74 Å². The molecule has 13 heteroatoms. The molecule has 0 aliphatic heterocycles. The highest BCUT2D eigenvalue weighted by Crippen LogP contribution is 2.32. The predicted molar refractivity (Wildman–Crippen MR) is 99.1 cm³/mol. The van der Waals surface area contributed by atoms with Crippen LogP contribution in [-0.2, 0) is 32.3 Å². The molecule has 0 aromatic heterocycles. The fourth-order valence-electron chi connectivity index (χ4n) is 2.41. The van der Waals surface area contributed by atoms with Crippen LogP contribution in [0.15, 0.2) is 47.4 Å². The van der Waals surface area contributed by atoms with Gasteiger partial charge in [-0.2, -0.15) is 17.9 Å². The van der Waals surface area contributed by atoms with Crippen LogP contribution in [0.3, 0.4) is 0 Å². The molecule has 2 rings (SSSR count). The van der Waals surface area contributed by atoms with Crippen LogP contribution in [0.1, 0.15) is 11.1 Å². The van der Waals surface area contributed by atoms with Gasteiger partial charge in [0.15, 0.2) is 0 Å². The van der Waals surface area contributed by atoms with Gasteiger partial charge < -0.3 is 10.1 Å². The summed E-state index contributed by atoms with van der Waals surface area (Å²) >= 11 is 0. The highest BCUT2D eigenvalue weighted by atomic mass is 32.2. The van der Waals surface area contributed by atoms with Crippen molar-refractivity contribution in [2.45, 2.75) is 17.7 Å². The predicted octanol–water partition coefficient (Wildman–Crippen LogP) is 2.68. The summed E-state index contributed by atoms with van der Waals surface area (Å²) in [5.41, 5.74) is -1.68. The number of nitro benzene ring substituents is 1. The summed E-state index contributed by atoms with van der Waals surface area (Å²) in [6.45, 7) is -1.59. The van der Waals surface area contributed by atoms with Crippen molar-refractivity contribution >= 4 is 27.4 Å². The van der Waals surface area contributed by atoms with Crippen LogP contribution in [0.2, 0.25) is 0 Å². The van der Waals surface area contributed by atoms with Crippen molar-refractivity contribution in [1.82, 2.24) is 4.72 Å². The highest BCUT2D eigenvalue weighted by molar-refractivity contribution is 7.89. The normalized spacial score (nSPS) is 11.7. The van der Waals surface area contributed by atoms with Gasteiger partial charge in [-0.15, -0.1) is 0 Å². The van der Waals surface area contributed by atoms with Crippen LogP contribution < -0.4 is 10.0 Å². The number of halogens is 3. The number of anilines is 1. The molecule has 0 aliphatic carbocycles. The number of carbonyl (C=O) groups excluding carboxylic acids is 1. The molecule has 0 saturated heterocycles. The Bertz CT molecular complexity index is 1060. The lowest BCUT2D eigenvalue weighted by Crippen LogP contribution is -2.30. The van der Waals surface area contributed by atoms with Crippen LogP contribution in [0.25, 0.3) is 0 Å². The van der Waals surface area contributed by atoms with Crippen LogP contribution >= 0.6 is 0 Å². The Labute approximate surface area is 169 Å². The third-order valence-corrected chi connectivity index (χ3v) is 5.26. The van der Waals surface area contributed by atoms with Gasteiger partial charge in [-0.05, 0) is 18.2 Å². The quantitative estimate of drug-likeness (QED) is 0.362. The molecule has 30 heavy (non-hydrogen) atoms. The molecule has 2 N–H and O–H groups in total. The summed E-state index contributed by atoms with van der Waals surface area (Å²) in [6, 6.07) is 7.55. The van der Waals surface area contributed by atoms with E-state index in [1.807, 2.05) is 4.72 Å². The third-order valence-electron chi connectivity index (χ3n) is 3.86. The minimum atomic E-state index is -4.64. The standard InChI is InChI=1S/C17H16F3N3O6S/c1-21-14-7-6-12(8-15(14)23(25)26)30(27,28)22-9-16(24)29-10-11-4-2-3-5-13(11)17(18,19)20/h2-8,21-22H,9-10H2,1H3. The maximum Gasteiger partial charge on any atom is 0.416 e. The topological polar surface area (TPSA) is 128 Å². The Balaban J connectivity index is 2.05. The lowest BCUT2D eigenvalue weighted by molar-refractivity contribution is -0.384. The van der Waals surface area contributed by atoms with E-state index < -0.39 is 56.4 Å². The SMILES string of the molecule is CNc1ccc(S(=O)(=O)NCC(=O)OCc2ccccc2C(F)(F)F)cc1[N+](=O)[O-]. The van der Waals surface area contributed by atoms with Gasteiger partial charge in [-0.25, -0.2) is 8.42 Å². The van der Waals surface area contributed by atoms with Crippen molar-refractivity contribution in [2.24, 2.45) is 0 Å². The molecule has 0 spiro atoms. The number of sulfonamides is 1. The van der Waals surface area contributed by atoms with E-state index >= 15 is 0 Å². The zero-order valence-electron chi connectivity index (χ0n) is 15.4. The van der Waals surface area contributed by atoms with Crippen molar-refractivity contribution in [3.8, 4) is 0 Å². The summed E-state index contributed by atoms with van der Waals surface area (Å²) in [7, 11) is -2.90. The summed E-state index contributed by atoms with van der Waals surface area (Å²) in [4.78, 5) is 21.6. The van der Waals surface area contributed by atoms with Gasteiger partial charge in [0.1, 0.15) is 18.8 Å². The van der Waals surface area contributed by atoms with E-state index in [1.54, 1.807) is 0 Å². The van der Waals surface area contributed by atoms with Gasteiger partial charge in [-0.1, -0.05) is 18.2 Å². The molecular weight excluding hydrogens is 431 g/mol. The van der Waals surface area contributed by atoms with Gasteiger partial charge in [0.05, 0.1) is 15.4 Å². The van der Waals surface area contributed by atoms with E-state index in [0.717, 1.165) is 24.3 Å². The first-order chi connectivity index (χ1) is 14.0. The average molecular weight is 447 g/mol. The largest absolute Gasteiger partial charge is 0.460 e. The van der Waals surface area contributed by atoms with Crippen molar-refractivity contribution < 1.29 is 36.0 Å². The number of alkyl halides is 3. The molecule has 9 nitrogen and oxygen atoms in total. The zero-order valence-corrected chi connectivity index (χ0v) is 16.2. The van der Waals surface area contributed by atoms with Crippen molar-refractivity contribution in [3.05, 3.63) is 63.7 Å². The van der Waals surface area contributed by atoms with E-state index in [-0.39, 0.29) is 11.3 Å². The molecule has 0 fully saturated rings. The second-order valence-corrected chi connectivity index (χ2v) is 7.59. The Kier molecular flexibility index (Phi) is 7.00. The van der Waals surface area contributed by atoms with Crippen LogP contribution in [0.5, 0.6) is 0 Å². The Morgan fingerprint density at radius 3 is 2.47 bits per heavy atom. The molecule has 0 heterocycles. The van der Waals surface area contributed by atoms with Gasteiger partial charge in [0, 0.05) is 18.7 Å². The van der Waals surface area contributed by atoms with Crippen molar-refractivity contribution in [3.63, 3.8) is 0 Å². The first-order valence-corrected chi connectivity index (χ1v) is 9.70. The number of hydrogen-bond acceptors (Lipinski definition) is 7. The number of nitro groups is 1. The number of carbonyl (C=O) groups is 1. The lowest BCUT2D eigenvalue weighted by Gasteiger charge is -2.13. The molecule has 0 bridgehead atoms. The zero-order chi connectivity index (χ0) is 22.5. The Morgan fingerprint density at radius 2 is 1.87 bits per heavy atom. The first kappa shape index (κ1) is 23.1. The fourth-order valence-corrected chi connectivity index (χ4v) is 3.40. The summed E-state index contributed by atoms with van der Waals surface area (Å²) < 4.78 is 69.9. The number of ether oxygens (including phenoxy) is 1. The second-order valence-electron chi connectivity index (χ2n) is 5.83. The summed E-state index contributed by atoms with van der Waals surface area (Å²) in [5.74, 6) is -1.13. The van der Waals surface area contributed by atoms with Crippen molar-refractivity contribution in [1.29, 1.82) is 0 Å².